The van der Waals surface area contributed by atoms with Gasteiger partial charge in [-0.3, -0.25) is 0 Å². The molecule has 94 valence electrons. The lowest BCUT2D eigenvalue weighted by atomic mass is 10.0. The third-order valence-corrected chi connectivity index (χ3v) is 3.76. The molecular weight excluding hydrogens is 252 g/mol. The third-order valence-electron chi connectivity index (χ3n) is 2.65. The molecule has 1 heterocycles. The fraction of sp³-hybridized carbons (Fsp3) is 0.154. The predicted octanol–water partition coefficient (Wildman–Crippen LogP) is 2.02. The van der Waals surface area contributed by atoms with E-state index in [1.807, 2.05) is 0 Å². The van der Waals surface area contributed by atoms with Gasteiger partial charge in [0.1, 0.15) is 0 Å². The van der Waals surface area contributed by atoms with E-state index in [9.17, 15) is 13.2 Å². The van der Waals surface area contributed by atoms with E-state index in [0.29, 0.717) is 11.1 Å². The summed E-state index contributed by atoms with van der Waals surface area (Å²) in [5.41, 5.74) is 1.39. The van der Waals surface area contributed by atoms with Gasteiger partial charge in [0, 0.05) is 6.26 Å². The normalized spacial score (nSPS) is 11.4. The van der Waals surface area contributed by atoms with Crippen LogP contribution in [0.2, 0.25) is 0 Å². The Morgan fingerprint density at radius 3 is 2.39 bits per heavy atom. The summed E-state index contributed by atoms with van der Waals surface area (Å²) in [6, 6.07) is 7.94. The second-order valence-corrected chi connectivity index (χ2v) is 6.08. The van der Waals surface area contributed by atoms with Crippen LogP contribution in [-0.4, -0.2) is 14.7 Å². The number of aryl methyl sites for hydroxylation is 1. The zero-order valence-electron chi connectivity index (χ0n) is 10.0. The van der Waals surface area contributed by atoms with Gasteiger partial charge in [0.2, 0.25) is 0 Å². The van der Waals surface area contributed by atoms with Crippen LogP contribution in [0.1, 0.15) is 5.56 Å². The minimum atomic E-state index is -3.24. The minimum Gasteiger partial charge on any atom is -0.431 e. The maximum absolute atomic E-state index is 11.6. The quantitative estimate of drug-likeness (QED) is 0.832. The van der Waals surface area contributed by atoms with Crippen molar-refractivity contribution in [2.24, 2.45) is 0 Å². The van der Waals surface area contributed by atoms with E-state index < -0.39 is 15.5 Å². The molecule has 18 heavy (non-hydrogen) atoms. The fourth-order valence-electron chi connectivity index (χ4n) is 1.74. The summed E-state index contributed by atoms with van der Waals surface area (Å²) in [5, 5.41) is 0. The molecule has 0 saturated heterocycles. The van der Waals surface area contributed by atoms with Crippen molar-refractivity contribution in [1.82, 2.24) is 0 Å². The van der Waals surface area contributed by atoms with Gasteiger partial charge in [-0.2, -0.15) is 0 Å². The van der Waals surface area contributed by atoms with Gasteiger partial charge in [-0.25, -0.2) is 13.2 Å². The SMILES string of the molecule is Cc1cc(S(C)(=O)=O)ccc1-c1cccoc1=O. The van der Waals surface area contributed by atoms with Crippen LogP contribution in [0, 0.1) is 6.92 Å². The van der Waals surface area contributed by atoms with E-state index in [4.69, 9.17) is 4.42 Å². The zero-order chi connectivity index (χ0) is 13.3. The molecule has 0 unspecified atom stereocenters. The molecule has 0 aliphatic heterocycles. The molecule has 5 heteroatoms. The molecule has 0 N–H and O–H groups in total. The summed E-state index contributed by atoms with van der Waals surface area (Å²) in [7, 11) is -3.24. The smallest absolute Gasteiger partial charge is 0.343 e. The molecule has 0 fully saturated rings. The Morgan fingerprint density at radius 2 is 1.83 bits per heavy atom. The highest BCUT2D eigenvalue weighted by atomic mass is 32.2. The first kappa shape index (κ1) is 12.6. The minimum absolute atomic E-state index is 0.240. The van der Waals surface area contributed by atoms with E-state index >= 15 is 0 Å². The summed E-state index contributed by atoms with van der Waals surface area (Å²) in [6.45, 7) is 1.76. The van der Waals surface area contributed by atoms with Crippen molar-refractivity contribution in [1.29, 1.82) is 0 Å². The molecule has 0 spiro atoms. The average molecular weight is 264 g/mol. The van der Waals surface area contributed by atoms with Crippen LogP contribution >= 0.6 is 0 Å². The van der Waals surface area contributed by atoms with Crippen LogP contribution in [-0.2, 0) is 9.84 Å². The summed E-state index contributed by atoms with van der Waals surface area (Å²) < 4.78 is 27.6. The zero-order valence-corrected chi connectivity index (χ0v) is 10.8. The Kier molecular flexibility index (Phi) is 3.09. The molecule has 0 saturated carbocycles. The van der Waals surface area contributed by atoms with E-state index in [0.717, 1.165) is 11.8 Å². The molecule has 0 aliphatic carbocycles. The lowest BCUT2D eigenvalue weighted by Crippen LogP contribution is -2.03. The highest BCUT2D eigenvalue weighted by Crippen LogP contribution is 2.23. The van der Waals surface area contributed by atoms with E-state index in [-0.39, 0.29) is 4.90 Å². The van der Waals surface area contributed by atoms with Crippen molar-refractivity contribution in [3.8, 4) is 11.1 Å². The van der Waals surface area contributed by atoms with Gasteiger partial charge in [0.25, 0.3) is 0 Å². The van der Waals surface area contributed by atoms with Crippen LogP contribution in [0.3, 0.4) is 0 Å². The van der Waals surface area contributed by atoms with Crippen molar-refractivity contribution >= 4 is 9.84 Å². The first-order valence-corrected chi connectivity index (χ1v) is 7.17. The van der Waals surface area contributed by atoms with Gasteiger partial charge in [0.15, 0.2) is 9.84 Å². The second kappa shape index (κ2) is 4.42. The van der Waals surface area contributed by atoms with Gasteiger partial charge in [-0.15, -0.1) is 0 Å². The second-order valence-electron chi connectivity index (χ2n) is 4.06. The maximum atomic E-state index is 11.6. The molecule has 0 amide bonds. The molecule has 1 aromatic carbocycles. The lowest BCUT2D eigenvalue weighted by molar-refractivity contribution is 0.513. The third kappa shape index (κ3) is 2.36. The van der Waals surface area contributed by atoms with Gasteiger partial charge in [0.05, 0.1) is 16.7 Å². The van der Waals surface area contributed by atoms with Gasteiger partial charge in [-0.05, 0) is 42.3 Å². The largest absolute Gasteiger partial charge is 0.431 e. The molecule has 0 bridgehead atoms. The molecule has 0 aliphatic rings. The van der Waals surface area contributed by atoms with Gasteiger partial charge < -0.3 is 4.42 Å². The Labute approximate surface area is 105 Å². The summed E-state index contributed by atoms with van der Waals surface area (Å²) in [4.78, 5) is 11.8. The fourth-order valence-corrected chi connectivity index (χ4v) is 2.44. The van der Waals surface area contributed by atoms with Crippen LogP contribution in [0.15, 0.2) is 50.7 Å². The van der Waals surface area contributed by atoms with Crippen LogP contribution in [0.4, 0.5) is 0 Å². The molecule has 1 aromatic heterocycles. The number of benzene rings is 1. The van der Waals surface area contributed by atoms with E-state index in [1.165, 1.54) is 12.3 Å². The summed E-state index contributed by atoms with van der Waals surface area (Å²) in [5.74, 6) is 0. The molecule has 2 aromatic rings. The van der Waals surface area contributed by atoms with Crippen molar-refractivity contribution in [2.45, 2.75) is 11.8 Å². The standard InChI is InChI=1S/C13H12O4S/c1-9-8-10(18(2,15)16)5-6-11(9)12-4-3-7-17-13(12)14/h3-8H,1-2H3. The van der Waals surface area contributed by atoms with Crippen LogP contribution < -0.4 is 5.63 Å². The first-order valence-electron chi connectivity index (χ1n) is 5.28. The summed E-state index contributed by atoms with van der Waals surface area (Å²) in [6.07, 6.45) is 2.46. The van der Waals surface area contributed by atoms with Gasteiger partial charge >= 0.3 is 5.63 Å². The predicted molar refractivity (Wildman–Crippen MR) is 68.3 cm³/mol. The van der Waals surface area contributed by atoms with Crippen molar-refractivity contribution in [3.05, 3.63) is 52.6 Å². The Bertz CT molecular complexity index is 742. The van der Waals surface area contributed by atoms with Crippen LogP contribution in [0.25, 0.3) is 11.1 Å². The van der Waals surface area contributed by atoms with Crippen molar-refractivity contribution in [2.75, 3.05) is 6.26 Å². The van der Waals surface area contributed by atoms with Crippen molar-refractivity contribution in [3.63, 3.8) is 0 Å². The molecular formula is C13H12O4S. The average Bonchev–Trinajstić information content (AvgIpc) is 2.29. The Balaban J connectivity index is 2.63. The Hall–Kier alpha value is -1.88. The molecule has 0 atom stereocenters. The van der Waals surface area contributed by atoms with E-state index in [1.54, 1.807) is 31.2 Å². The highest BCUT2D eigenvalue weighted by molar-refractivity contribution is 7.90. The van der Waals surface area contributed by atoms with E-state index in [2.05, 4.69) is 0 Å². The maximum Gasteiger partial charge on any atom is 0.343 e. The number of rotatable bonds is 2. The number of hydrogen-bond acceptors (Lipinski definition) is 4. The number of sulfone groups is 1. The molecule has 4 nitrogen and oxygen atoms in total. The monoisotopic (exact) mass is 264 g/mol. The molecule has 0 radical (unpaired) electrons. The summed E-state index contributed by atoms with van der Waals surface area (Å²) >= 11 is 0. The Morgan fingerprint density at radius 1 is 1.11 bits per heavy atom. The number of hydrogen-bond donors (Lipinski definition) is 0. The van der Waals surface area contributed by atoms with Crippen molar-refractivity contribution < 1.29 is 12.8 Å². The van der Waals surface area contributed by atoms with Crippen LogP contribution in [0.5, 0.6) is 0 Å². The topological polar surface area (TPSA) is 64.3 Å². The van der Waals surface area contributed by atoms with Gasteiger partial charge in [-0.1, -0.05) is 6.07 Å². The lowest BCUT2D eigenvalue weighted by Gasteiger charge is -2.06. The highest BCUT2D eigenvalue weighted by Gasteiger charge is 2.11. The first-order chi connectivity index (χ1) is 8.39. The molecule has 2 rings (SSSR count).